The fourth-order valence-corrected chi connectivity index (χ4v) is 2.17. The third kappa shape index (κ3) is 4.11. The predicted molar refractivity (Wildman–Crippen MR) is 87.5 cm³/mol. The number of aryl methyl sites for hydroxylation is 1. The summed E-state index contributed by atoms with van der Waals surface area (Å²) in [5, 5.41) is 5.93. The molecule has 0 saturated heterocycles. The van der Waals surface area contributed by atoms with Crippen LogP contribution in [0, 0.1) is 6.92 Å². The average molecular weight is 345 g/mol. The van der Waals surface area contributed by atoms with Crippen LogP contribution in [0.4, 0.5) is 24.5 Å². The number of benzene rings is 2. The second-order valence-electron chi connectivity index (χ2n) is 4.59. The number of thiocarbonyl (C=S) groups is 1. The molecular weight excluding hydrogens is 333 g/mol. The Kier molecular flexibility index (Phi) is 4.93. The Morgan fingerprint density at radius 3 is 2.32 bits per heavy atom. The van der Waals surface area contributed by atoms with E-state index >= 15 is 0 Å². The predicted octanol–water partition coefficient (Wildman–Crippen LogP) is 5.48. The van der Waals surface area contributed by atoms with Gasteiger partial charge in [0.15, 0.2) is 5.11 Å². The van der Waals surface area contributed by atoms with Crippen LogP contribution in [0.15, 0.2) is 42.5 Å². The molecule has 0 amide bonds. The molecule has 0 heterocycles. The highest BCUT2D eigenvalue weighted by Gasteiger charge is 2.31. The molecule has 0 unspecified atom stereocenters. The van der Waals surface area contributed by atoms with E-state index in [0.29, 0.717) is 0 Å². The van der Waals surface area contributed by atoms with Gasteiger partial charge >= 0.3 is 6.18 Å². The normalized spacial score (nSPS) is 11.1. The molecule has 7 heteroatoms. The number of para-hydroxylation sites is 1. The van der Waals surface area contributed by atoms with Crippen molar-refractivity contribution in [3.8, 4) is 0 Å². The zero-order valence-corrected chi connectivity index (χ0v) is 13.0. The number of halogens is 4. The van der Waals surface area contributed by atoms with E-state index in [1.165, 1.54) is 6.07 Å². The smallest absolute Gasteiger partial charge is 0.332 e. The van der Waals surface area contributed by atoms with Crippen LogP contribution < -0.4 is 10.6 Å². The van der Waals surface area contributed by atoms with Crippen LogP contribution in [0.3, 0.4) is 0 Å². The Hall–Kier alpha value is -1.79. The standard InChI is InChI=1S/C15H12ClF3N2S/c1-9-4-2-3-5-12(9)20-14(22)21-13-8-10(15(17,18)19)6-7-11(13)16/h2-8H,1H3,(H2,20,21,22). The van der Waals surface area contributed by atoms with Crippen molar-refractivity contribution in [2.24, 2.45) is 0 Å². The minimum Gasteiger partial charge on any atom is -0.332 e. The molecular formula is C15H12ClF3N2S. The molecule has 0 aliphatic rings. The van der Waals surface area contributed by atoms with E-state index in [9.17, 15) is 13.2 Å². The molecule has 0 saturated carbocycles. The first-order chi connectivity index (χ1) is 10.3. The first kappa shape index (κ1) is 16.6. The molecule has 0 bridgehead atoms. The van der Waals surface area contributed by atoms with Crippen LogP contribution in [-0.4, -0.2) is 5.11 Å². The summed E-state index contributed by atoms with van der Waals surface area (Å²) in [6.07, 6.45) is -4.44. The molecule has 0 fully saturated rings. The van der Waals surface area contributed by atoms with Gasteiger partial charge in [-0.2, -0.15) is 13.2 Å². The van der Waals surface area contributed by atoms with Gasteiger partial charge in [0.05, 0.1) is 16.3 Å². The van der Waals surface area contributed by atoms with Crippen molar-refractivity contribution >= 4 is 40.3 Å². The maximum absolute atomic E-state index is 12.7. The van der Waals surface area contributed by atoms with E-state index in [1.807, 2.05) is 31.2 Å². The first-order valence-corrected chi connectivity index (χ1v) is 7.06. The van der Waals surface area contributed by atoms with Gasteiger partial charge in [-0.3, -0.25) is 0 Å². The largest absolute Gasteiger partial charge is 0.416 e. The summed E-state index contributed by atoms with van der Waals surface area (Å²) < 4.78 is 38.2. The van der Waals surface area contributed by atoms with Gasteiger partial charge in [0.1, 0.15) is 0 Å². The Morgan fingerprint density at radius 2 is 1.68 bits per heavy atom. The van der Waals surface area contributed by atoms with E-state index in [2.05, 4.69) is 10.6 Å². The van der Waals surface area contributed by atoms with Crippen LogP contribution in [0.1, 0.15) is 11.1 Å². The van der Waals surface area contributed by atoms with Gasteiger partial charge in [0.25, 0.3) is 0 Å². The lowest BCUT2D eigenvalue weighted by Crippen LogP contribution is -2.20. The quantitative estimate of drug-likeness (QED) is 0.706. The molecule has 0 radical (unpaired) electrons. The molecule has 0 aliphatic carbocycles. The van der Waals surface area contributed by atoms with Crippen molar-refractivity contribution in [2.45, 2.75) is 13.1 Å². The molecule has 0 spiro atoms. The molecule has 0 aromatic heterocycles. The lowest BCUT2D eigenvalue weighted by molar-refractivity contribution is -0.137. The van der Waals surface area contributed by atoms with E-state index in [4.69, 9.17) is 23.8 Å². The van der Waals surface area contributed by atoms with Crippen molar-refractivity contribution in [2.75, 3.05) is 10.6 Å². The summed E-state index contributed by atoms with van der Waals surface area (Å²) in [6.45, 7) is 1.89. The minimum atomic E-state index is -4.44. The highest BCUT2D eigenvalue weighted by atomic mass is 35.5. The molecule has 2 aromatic carbocycles. The third-order valence-corrected chi connectivity index (χ3v) is 3.47. The summed E-state index contributed by atoms with van der Waals surface area (Å²) in [4.78, 5) is 0. The number of nitrogens with one attached hydrogen (secondary N) is 2. The summed E-state index contributed by atoms with van der Waals surface area (Å²) in [5.74, 6) is 0. The Morgan fingerprint density at radius 1 is 1.05 bits per heavy atom. The van der Waals surface area contributed by atoms with Crippen LogP contribution >= 0.6 is 23.8 Å². The van der Waals surface area contributed by atoms with E-state index in [-0.39, 0.29) is 15.8 Å². The third-order valence-electron chi connectivity index (χ3n) is 2.94. The number of hydrogen-bond donors (Lipinski definition) is 2. The van der Waals surface area contributed by atoms with Crippen molar-refractivity contribution in [3.63, 3.8) is 0 Å². The maximum atomic E-state index is 12.7. The molecule has 116 valence electrons. The van der Waals surface area contributed by atoms with Crippen molar-refractivity contribution in [1.82, 2.24) is 0 Å². The highest BCUT2D eigenvalue weighted by Crippen LogP contribution is 2.33. The summed E-state index contributed by atoms with van der Waals surface area (Å²) >= 11 is 11.0. The van der Waals surface area contributed by atoms with Gasteiger partial charge in [-0.25, -0.2) is 0 Å². The zero-order valence-electron chi connectivity index (χ0n) is 11.5. The van der Waals surface area contributed by atoms with Gasteiger partial charge in [-0.1, -0.05) is 29.8 Å². The van der Waals surface area contributed by atoms with Crippen LogP contribution in [0.5, 0.6) is 0 Å². The van der Waals surface area contributed by atoms with Crippen LogP contribution in [0.25, 0.3) is 0 Å². The first-order valence-electron chi connectivity index (χ1n) is 6.28. The number of rotatable bonds is 2. The van der Waals surface area contributed by atoms with Gasteiger partial charge in [-0.05, 0) is 49.0 Å². The van der Waals surface area contributed by atoms with Crippen LogP contribution in [0.2, 0.25) is 5.02 Å². The number of hydrogen-bond acceptors (Lipinski definition) is 1. The summed E-state index contributed by atoms with van der Waals surface area (Å²) in [7, 11) is 0. The van der Waals surface area contributed by atoms with Gasteiger partial charge < -0.3 is 10.6 Å². The van der Waals surface area contributed by atoms with E-state index in [1.54, 1.807) is 0 Å². The number of alkyl halides is 3. The monoisotopic (exact) mass is 344 g/mol. The molecule has 2 aromatic rings. The molecule has 0 atom stereocenters. The van der Waals surface area contributed by atoms with E-state index in [0.717, 1.165) is 23.4 Å². The second-order valence-corrected chi connectivity index (χ2v) is 5.40. The topological polar surface area (TPSA) is 24.1 Å². The van der Waals surface area contributed by atoms with Crippen molar-refractivity contribution in [1.29, 1.82) is 0 Å². The summed E-state index contributed by atoms with van der Waals surface area (Å²) in [5.41, 5.74) is 1.03. The number of anilines is 2. The van der Waals surface area contributed by atoms with E-state index < -0.39 is 11.7 Å². The van der Waals surface area contributed by atoms with Gasteiger partial charge in [0, 0.05) is 5.69 Å². The minimum absolute atomic E-state index is 0.0996. The molecule has 2 N–H and O–H groups in total. The zero-order chi connectivity index (χ0) is 16.3. The lowest BCUT2D eigenvalue weighted by atomic mass is 10.2. The fraction of sp³-hybridized carbons (Fsp3) is 0.133. The molecule has 2 nitrogen and oxygen atoms in total. The fourth-order valence-electron chi connectivity index (χ4n) is 1.79. The average Bonchev–Trinajstić information content (AvgIpc) is 2.42. The lowest BCUT2D eigenvalue weighted by Gasteiger charge is -2.15. The van der Waals surface area contributed by atoms with Gasteiger partial charge in [-0.15, -0.1) is 0 Å². The Balaban J connectivity index is 2.17. The SMILES string of the molecule is Cc1ccccc1NC(=S)Nc1cc(C(F)(F)F)ccc1Cl. The molecule has 0 aliphatic heterocycles. The summed E-state index contributed by atoms with van der Waals surface area (Å²) in [6, 6.07) is 10.4. The van der Waals surface area contributed by atoms with Crippen molar-refractivity contribution in [3.05, 3.63) is 58.6 Å². The van der Waals surface area contributed by atoms with Crippen molar-refractivity contribution < 1.29 is 13.2 Å². The Labute approximate surface area is 136 Å². The second kappa shape index (κ2) is 6.54. The van der Waals surface area contributed by atoms with Crippen LogP contribution in [-0.2, 0) is 6.18 Å². The molecule has 22 heavy (non-hydrogen) atoms. The Bertz CT molecular complexity index is 701. The van der Waals surface area contributed by atoms with Gasteiger partial charge in [0.2, 0.25) is 0 Å². The molecule has 2 rings (SSSR count). The maximum Gasteiger partial charge on any atom is 0.416 e. The highest BCUT2D eigenvalue weighted by molar-refractivity contribution is 7.80.